The maximum atomic E-state index is 13.0. The number of nitrogens with zero attached hydrogens (tertiary/aromatic N) is 2. The monoisotopic (exact) mass is 381 g/mol. The van der Waals surface area contributed by atoms with E-state index in [1.54, 1.807) is 25.4 Å². The van der Waals surface area contributed by atoms with Gasteiger partial charge in [0, 0.05) is 36.6 Å². The topological polar surface area (TPSA) is 73.3 Å². The summed E-state index contributed by atoms with van der Waals surface area (Å²) < 4.78 is 10.7. The minimum atomic E-state index is -0.0382. The molecule has 2 heterocycles. The van der Waals surface area contributed by atoms with Crippen LogP contribution in [0.5, 0.6) is 5.75 Å². The number of benzene rings is 1. The Morgan fingerprint density at radius 3 is 2.75 bits per heavy atom. The molecule has 0 unspecified atom stereocenters. The molecule has 6 heteroatoms. The number of ketones is 1. The van der Waals surface area contributed by atoms with Crippen LogP contribution in [0.15, 0.2) is 36.0 Å². The number of nitrogens with one attached hydrogen (secondary N) is 1. The largest absolute Gasteiger partial charge is 0.496 e. The van der Waals surface area contributed by atoms with Crippen molar-refractivity contribution < 1.29 is 14.3 Å². The minimum absolute atomic E-state index is 0.0382. The molecule has 0 spiro atoms. The van der Waals surface area contributed by atoms with Crippen molar-refractivity contribution in [3.05, 3.63) is 52.9 Å². The number of carbonyl (C=O) groups is 1. The van der Waals surface area contributed by atoms with E-state index >= 15 is 0 Å². The highest BCUT2D eigenvalue weighted by molar-refractivity contribution is 6.12. The van der Waals surface area contributed by atoms with E-state index in [1.165, 1.54) is 0 Å². The molecule has 0 bridgehead atoms. The van der Waals surface area contributed by atoms with Gasteiger partial charge in [-0.15, -0.1) is 0 Å². The number of hydrogen-bond acceptors (Lipinski definition) is 6. The molecule has 0 radical (unpaired) electrons. The third-order valence-electron chi connectivity index (χ3n) is 4.93. The lowest BCUT2D eigenvalue weighted by molar-refractivity contribution is 0.0903. The summed E-state index contributed by atoms with van der Waals surface area (Å²) in [5, 5.41) is 3.37. The predicted molar refractivity (Wildman–Crippen MR) is 110 cm³/mol. The van der Waals surface area contributed by atoms with Gasteiger partial charge in [-0.1, -0.05) is 19.1 Å². The summed E-state index contributed by atoms with van der Waals surface area (Å²) in [7, 11) is 1.57. The van der Waals surface area contributed by atoms with Gasteiger partial charge in [0.15, 0.2) is 5.78 Å². The highest BCUT2D eigenvalue weighted by Crippen LogP contribution is 2.24. The van der Waals surface area contributed by atoms with Gasteiger partial charge in [0.2, 0.25) is 5.95 Å². The zero-order valence-electron chi connectivity index (χ0n) is 16.7. The van der Waals surface area contributed by atoms with Crippen LogP contribution in [-0.2, 0) is 4.74 Å². The number of anilines is 1. The average molecular weight is 381 g/mol. The maximum absolute atomic E-state index is 13.0. The first-order chi connectivity index (χ1) is 13.6. The Kier molecular flexibility index (Phi) is 6.76. The summed E-state index contributed by atoms with van der Waals surface area (Å²) in [4.78, 5) is 22.0. The second-order valence-electron chi connectivity index (χ2n) is 6.82. The normalized spacial score (nSPS) is 15.3. The fraction of sp³-hybridized carbons (Fsp3) is 0.409. The smallest absolute Gasteiger partial charge is 0.223 e. The summed E-state index contributed by atoms with van der Waals surface area (Å²) in [5.41, 5.74) is 2.94. The van der Waals surface area contributed by atoms with Crippen LogP contribution in [0.4, 0.5) is 5.95 Å². The van der Waals surface area contributed by atoms with Crippen molar-refractivity contribution in [3.63, 3.8) is 0 Å². The van der Waals surface area contributed by atoms with E-state index in [-0.39, 0.29) is 5.78 Å². The van der Waals surface area contributed by atoms with Crippen molar-refractivity contribution in [2.24, 2.45) is 0 Å². The van der Waals surface area contributed by atoms with Gasteiger partial charge in [-0.25, -0.2) is 9.97 Å². The number of para-hydroxylation sites is 1. The van der Waals surface area contributed by atoms with Crippen molar-refractivity contribution in [2.75, 3.05) is 25.6 Å². The Morgan fingerprint density at radius 1 is 1.32 bits per heavy atom. The molecule has 0 aliphatic carbocycles. The molecule has 1 aromatic carbocycles. The molecule has 2 aromatic rings. The van der Waals surface area contributed by atoms with Gasteiger partial charge >= 0.3 is 0 Å². The molecule has 1 saturated heterocycles. The molecule has 1 N–H and O–H groups in total. The average Bonchev–Trinajstić information content (AvgIpc) is 2.73. The number of hydrogen-bond donors (Lipinski definition) is 1. The lowest BCUT2D eigenvalue weighted by Gasteiger charge is -2.23. The number of aromatic nitrogens is 2. The predicted octanol–water partition coefficient (Wildman–Crippen LogP) is 4.06. The van der Waals surface area contributed by atoms with Crippen LogP contribution < -0.4 is 10.1 Å². The van der Waals surface area contributed by atoms with Crippen LogP contribution in [0.2, 0.25) is 0 Å². The number of allylic oxidation sites excluding steroid dienone is 1. The molecule has 0 atom stereocenters. The Balaban J connectivity index is 1.81. The minimum Gasteiger partial charge on any atom is -0.496 e. The number of aryl methyl sites for hydroxylation is 1. The highest BCUT2D eigenvalue weighted by atomic mass is 16.5. The van der Waals surface area contributed by atoms with Crippen molar-refractivity contribution in [1.29, 1.82) is 0 Å². The molecule has 28 heavy (non-hydrogen) atoms. The first-order valence-corrected chi connectivity index (χ1v) is 9.68. The van der Waals surface area contributed by atoms with Gasteiger partial charge in [-0.05, 0) is 44.4 Å². The first kappa shape index (κ1) is 20.0. The number of methoxy groups -OCH3 is 1. The van der Waals surface area contributed by atoms with Crippen LogP contribution >= 0.6 is 0 Å². The fourth-order valence-electron chi connectivity index (χ4n) is 3.23. The van der Waals surface area contributed by atoms with Crippen LogP contribution in [0, 0.1) is 6.92 Å². The summed E-state index contributed by atoms with van der Waals surface area (Å²) >= 11 is 0. The molecule has 1 aromatic heterocycles. The highest BCUT2D eigenvalue weighted by Gasteiger charge is 2.17. The lowest BCUT2D eigenvalue weighted by atomic mass is 9.98. The van der Waals surface area contributed by atoms with Gasteiger partial charge in [-0.3, -0.25) is 4.79 Å². The van der Waals surface area contributed by atoms with Crippen LogP contribution in [0.1, 0.15) is 47.8 Å². The number of Topliss-reactive ketones (excluding diaryl/α,β-unsaturated/α-hetero) is 1. The van der Waals surface area contributed by atoms with E-state index in [2.05, 4.69) is 15.3 Å². The molecule has 1 aliphatic rings. The summed E-state index contributed by atoms with van der Waals surface area (Å²) in [6.07, 6.45) is 6.17. The quantitative estimate of drug-likeness (QED) is 0.576. The van der Waals surface area contributed by atoms with Gasteiger partial charge in [-0.2, -0.15) is 0 Å². The second kappa shape index (κ2) is 9.46. The second-order valence-corrected chi connectivity index (χ2v) is 6.82. The van der Waals surface area contributed by atoms with E-state index in [9.17, 15) is 4.79 Å². The molecule has 1 fully saturated rings. The van der Waals surface area contributed by atoms with Crippen molar-refractivity contribution in [1.82, 2.24) is 9.97 Å². The molecule has 0 saturated carbocycles. The van der Waals surface area contributed by atoms with Gasteiger partial charge < -0.3 is 14.8 Å². The van der Waals surface area contributed by atoms with E-state index in [1.807, 2.05) is 32.1 Å². The maximum Gasteiger partial charge on any atom is 0.223 e. The third kappa shape index (κ3) is 4.75. The van der Waals surface area contributed by atoms with Crippen molar-refractivity contribution in [2.45, 2.75) is 39.2 Å². The first-order valence-electron chi connectivity index (χ1n) is 9.68. The molecule has 148 valence electrons. The van der Waals surface area contributed by atoms with Gasteiger partial charge in [0.05, 0.1) is 18.4 Å². The Morgan fingerprint density at radius 2 is 2.07 bits per heavy atom. The zero-order valence-corrected chi connectivity index (χ0v) is 16.7. The Bertz CT molecular complexity index is 858. The zero-order chi connectivity index (χ0) is 19.9. The Labute approximate surface area is 166 Å². The number of ether oxygens (including phenoxy) is 2. The molecule has 3 rings (SSSR count). The van der Waals surface area contributed by atoms with Gasteiger partial charge in [0.25, 0.3) is 0 Å². The van der Waals surface area contributed by atoms with E-state index in [4.69, 9.17) is 9.47 Å². The molecule has 1 aliphatic heterocycles. The number of rotatable bonds is 7. The van der Waals surface area contributed by atoms with E-state index in [0.29, 0.717) is 35.3 Å². The Hall–Kier alpha value is -2.73. The molecule has 0 amide bonds. The van der Waals surface area contributed by atoms with E-state index in [0.717, 1.165) is 37.3 Å². The third-order valence-corrected chi connectivity index (χ3v) is 4.93. The summed E-state index contributed by atoms with van der Waals surface area (Å²) in [6, 6.07) is 7.62. The standard InChI is InChI=1S/C22H27N3O3/c1-4-16(21(26)19-7-5-6-8-20(19)27-3)13-17-14-23-22(24-15(17)2)25-18-9-11-28-12-10-18/h5-8,13-14,18H,4,9-12H2,1-3H3,(H,23,24,25)/b16-13+. The van der Waals surface area contributed by atoms with Crippen LogP contribution in [-0.4, -0.2) is 42.1 Å². The lowest BCUT2D eigenvalue weighted by Crippen LogP contribution is -2.28. The molecular formula is C22H27N3O3. The van der Waals surface area contributed by atoms with Crippen LogP contribution in [0.25, 0.3) is 6.08 Å². The molecule has 6 nitrogen and oxygen atoms in total. The van der Waals surface area contributed by atoms with E-state index < -0.39 is 0 Å². The molecular weight excluding hydrogens is 354 g/mol. The van der Waals surface area contributed by atoms with Gasteiger partial charge in [0.1, 0.15) is 5.75 Å². The summed E-state index contributed by atoms with van der Waals surface area (Å²) in [5.74, 6) is 1.16. The fourth-order valence-corrected chi connectivity index (χ4v) is 3.23. The van der Waals surface area contributed by atoms with Crippen molar-refractivity contribution >= 4 is 17.8 Å². The summed E-state index contributed by atoms with van der Waals surface area (Å²) in [6.45, 7) is 5.44. The SMILES string of the molecule is CC/C(=C\c1cnc(NC2CCOCC2)nc1C)C(=O)c1ccccc1OC. The van der Waals surface area contributed by atoms with Crippen LogP contribution in [0.3, 0.4) is 0 Å². The number of carbonyl (C=O) groups excluding carboxylic acids is 1. The van der Waals surface area contributed by atoms with Crippen molar-refractivity contribution in [3.8, 4) is 5.75 Å².